The van der Waals surface area contributed by atoms with Gasteiger partial charge in [-0.1, -0.05) is 63.0 Å². The number of thioether (sulfide) groups is 1. The number of hydrogen-bond acceptors (Lipinski definition) is 6. The van der Waals surface area contributed by atoms with Gasteiger partial charge in [0.15, 0.2) is 0 Å². The molecule has 1 aliphatic rings. The van der Waals surface area contributed by atoms with Crippen molar-refractivity contribution in [1.82, 2.24) is 20.4 Å². The van der Waals surface area contributed by atoms with E-state index in [1.165, 1.54) is 11.1 Å². The minimum absolute atomic E-state index is 0.0861. The Morgan fingerprint density at radius 1 is 1.21 bits per heavy atom. The molecular formula is C25H29BrN4O2S. The normalized spacial score (nSPS) is 15.0. The van der Waals surface area contributed by atoms with Crippen molar-refractivity contribution >= 4 is 33.6 Å². The van der Waals surface area contributed by atoms with Crippen molar-refractivity contribution in [2.45, 2.75) is 32.1 Å². The summed E-state index contributed by atoms with van der Waals surface area (Å²) in [6.45, 7) is 5.16. The third-order valence-electron chi connectivity index (χ3n) is 5.76. The van der Waals surface area contributed by atoms with Gasteiger partial charge < -0.3 is 9.84 Å². The molecule has 1 aliphatic heterocycles. The molecule has 8 heteroatoms. The number of halogens is 1. The average Bonchev–Trinajstić information content (AvgIpc) is 3.28. The van der Waals surface area contributed by atoms with Crippen LogP contribution >= 0.6 is 27.7 Å². The van der Waals surface area contributed by atoms with Gasteiger partial charge in [-0.25, -0.2) is 0 Å². The van der Waals surface area contributed by atoms with E-state index >= 15 is 0 Å². The summed E-state index contributed by atoms with van der Waals surface area (Å²) in [5.41, 5.74) is 3.55. The second-order valence-corrected chi connectivity index (χ2v) is 10.4. The van der Waals surface area contributed by atoms with Gasteiger partial charge in [0.1, 0.15) is 0 Å². The Balaban J connectivity index is 1.14. The molecule has 0 unspecified atom stereocenters. The maximum atomic E-state index is 12.5. The first-order chi connectivity index (χ1) is 16.1. The van der Waals surface area contributed by atoms with Crippen molar-refractivity contribution < 1.29 is 9.32 Å². The first-order valence-electron chi connectivity index (χ1n) is 11.3. The molecule has 2 aromatic carbocycles. The zero-order valence-electron chi connectivity index (χ0n) is 18.8. The fraction of sp³-hybridized carbons (Fsp3) is 0.400. The number of benzene rings is 2. The van der Waals surface area contributed by atoms with Crippen molar-refractivity contribution in [2.24, 2.45) is 5.92 Å². The van der Waals surface area contributed by atoms with Gasteiger partial charge in [0.05, 0.1) is 6.54 Å². The average molecular weight is 530 g/mol. The van der Waals surface area contributed by atoms with Gasteiger partial charge in [-0.3, -0.25) is 9.69 Å². The van der Waals surface area contributed by atoms with Crippen LogP contribution in [0.4, 0.5) is 0 Å². The second kappa shape index (κ2) is 11.8. The van der Waals surface area contributed by atoms with E-state index in [9.17, 15) is 4.79 Å². The first kappa shape index (κ1) is 24.0. The lowest BCUT2D eigenvalue weighted by molar-refractivity contribution is -0.126. The van der Waals surface area contributed by atoms with Gasteiger partial charge in [0, 0.05) is 34.0 Å². The van der Waals surface area contributed by atoms with Crippen LogP contribution in [0.15, 0.2) is 57.5 Å². The van der Waals surface area contributed by atoms with Crippen LogP contribution < -0.4 is 5.32 Å². The summed E-state index contributed by atoms with van der Waals surface area (Å²) in [6, 6.07) is 16.4. The molecule has 0 saturated carbocycles. The predicted octanol–water partition coefficient (Wildman–Crippen LogP) is 5.07. The molecule has 3 aromatic rings. The number of nitrogens with one attached hydrogen (secondary N) is 1. The number of carbonyl (C=O) groups excluding carboxylic acids is 1. The number of likely N-dealkylation sites (tertiary alicyclic amines) is 1. The highest BCUT2D eigenvalue weighted by Gasteiger charge is 2.25. The van der Waals surface area contributed by atoms with Crippen molar-refractivity contribution in [3.63, 3.8) is 0 Å². The van der Waals surface area contributed by atoms with Crippen LogP contribution in [0.25, 0.3) is 11.4 Å². The summed E-state index contributed by atoms with van der Waals surface area (Å²) in [7, 11) is 0. The number of piperidine rings is 1. The quantitative estimate of drug-likeness (QED) is 0.391. The Labute approximate surface area is 207 Å². The monoisotopic (exact) mass is 528 g/mol. The molecule has 0 spiro atoms. The molecule has 0 radical (unpaired) electrons. The molecular weight excluding hydrogens is 500 g/mol. The van der Waals surface area contributed by atoms with E-state index in [0.29, 0.717) is 18.3 Å². The van der Waals surface area contributed by atoms with E-state index < -0.39 is 0 Å². The van der Waals surface area contributed by atoms with Crippen LogP contribution in [0.2, 0.25) is 0 Å². The van der Waals surface area contributed by atoms with Gasteiger partial charge in [0.25, 0.3) is 0 Å². The van der Waals surface area contributed by atoms with Gasteiger partial charge in [-0.2, -0.15) is 16.7 Å². The van der Waals surface area contributed by atoms with Crippen LogP contribution in [0, 0.1) is 12.8 Å². The summed E-state index contributed by atoms with van der Waals surface area (Å²) in [5, 5.41) is 7.23. The maximum Gasteiger partial charge on any atom is 0.241 e. The lowest BCUT2D eigenvalue weighted by Crippen LogP contribution is -2.40. The molecule has 4 rings (SSSR count). The molecule has 0 aliphatic carbocycles. The predicted molar refractivity (Wildman–Crippen MR) is 136 cm³/mol. The van der Waals surface area contributed by atoms with Crippen molar-refractivity contribution in [1.29, 1.82) is 0 Å². The van der Waals surface area contributed by atoms with E-state index in [-0.39, 0.29) is 11.8 Å². The number of hydrogen-bond donors (Lipinski definition) is 1. The minimum Gasteiger partial charge on any atom is -0.355 e. The Morgan fingerprint density at radius 2 is 2.03 bits per heavy atom. The summed E-state index contributed by atoms with van der Waals surface area (Å²) in [5.74, 6) is 3.38. The second-order valence-electron chi connectivity index (χ2n) is 8.41. The number of carbonyl (C=O) groups is 1. The van der Waals surface area contributed by atoms with E-state index in [2.05, 4.69) is 67.5 Å². The number of aromatic nitrogens is 2. The molecule has 1 aromatic heterocycles. The molecule has 1 fully saturated rings. The molecule has 33 heavy (non-hydrogen) atoms. The topological polar surface area (TPSA) is 71.3 Å². The fourth-order valence-corrected chi connectivity index (χ4v) is 5.20. The van der Waals surface area contributed by atoms with E-state index in [4.69, 9.17) is 4.52 Å². The van der Waals surface area contributed by atoms with Gasteiger partial charge >= 0.3 is 0 Å². The van der Waals surface area contributed by atoms with Gasteiger partial charge in [-0.15, -0.1) is 0 Å². The summed E-state index contributed by atoms with van der Waals surface area (Å²) >= 11 is 5.33. The van der Waals surface area contributed by atoms with Crippen LogP contribution in [-0.2, 0) is 17.1 Å². The number of nitrogens with zero attached hydrogens (tertiary/aromatic N) is 3. The van der Waals surface area contributed by atoms with Crippen LogP contribution in [0.5, 0.6) is 0 Å². The summed E-state index contributed by atoms with van der Waals surface area (Å²) in [4.78, 5) is 19.4. The lowest BCUT2D eigenvalue weighted by atomic mass is 9.96. The first-order valence-corrected chi connectivity index (χ1v) is 13.2. The Morgan fingerprint density at radius 3 is 2.82 bits per heavy atom. The zero-order chi connectivity index (χ0) is 23.0. The van der Waals surface area contributed by atoms with Crippen molar-refractivity contribution in [2.75, 3.05) is 25.4 Å². The molecule has 1 amide bonds. The highest BCUT2D eigenvalue weighted by molar-refractivity contribution is 9.10. The molecule has 1 saturated heterocycles. The molecule has 0 bridgehead atoms. The molecule has 0 atom stereocenters. The Bertz CT molecular complexity index is 1070. The zero-order valence-corrected chi connectivity index (χ0v) is 21.2. The van der Waals surface area contributed by atoms with Gasteiger partial charge in [0.2, 0.25) is 17.6 Å². The number of rotatable bonds is 9. The number of aryl methyl sites for hydroxylation is 1. The van der Waals surface area contributed by atoms with E-state index in [0.717, 1.165) is 54.0 Å². The Kier molecular flexibility index (Phi) is 8.58. The molecule has 6 nitrogen and oxygen atoms in total. The summed E-state index contributed by atoms with van der Waals surface area (Å²) < 4.78 is 6.43. The number of amides is 1. The molecule has 1 N–H and O–H groups in total. The highest BCUT2D eigenvalue weighted by Crippen LogP contribution is 2.22. The van der Waals surface area contributed by atoms with Gasteiger partial charge in [-0.05, 0) is 50.6 Å². The smallest absolute Gasteiger partial charge is 0.241 e. The van der Waals surface area contributed by atoms with Crippen LogP contribution in [-0.4, -0.2) is 46.3 Å². The largest absolute Gasteiger partial charge is 0.355 e. The minimum atomic E-state index is 0.0861. The third-order valence-corrected chi connectivity index (χ3v) is 7.29. The Hall–Kier alpha value is -2.16. The highest BCUT2D eigenvalue weighted by atomic mass is 79.9. The maximum absolute atomic E-state index is 12.5. The van der Waals surface area contributed by atoms with Crippen molar-refractivity contribution in [3.05, 3.63) is 70.0 Å². The van der Waals surface area contributed by atoms with E-state index in [1.807, 2.05) is 36.0 Å². The SMILES string of the molecule is Cc1cccc(CSCCNC(=O)C2CCN(Cc3nc(-c4cccc(Br)c4)no3)CC2)c1. The standard InChI is InChI=1S/C25H29BrN4O2S/c1-18-4-2-5-19(14-18)17-33-13-10-27-25(31)20-8-11-30(12-9-20)16-23-28-24(29-32-23)21-6-3-7-22(26)15-21/h2-7,14-15,20H,8-13,16-17H2,1H3,(H,27,31). The van der Waals surface area contributed by atoms with Crippen LogP contribution in [0.1, 0.15) is 29.9 Å². The van der Waals surface area contributed by atoms with Crippen molar-refractivity contribution in [3.8, 4) is 11.4 Å². The molecule has 2 heterocycles. The van der Waals surface area contributed by atoms with E-state index in [1.54, 1.807) is 0 Å². The summed E-state index contributed by atoms with van der Waals surface area (Å²) in [6.07, 6.45) is 1.71. The lowest BCUT2D eigenvalue weighted by Gasteiger charge is -2.30. The fourth-order valence-electron chi connectivity index (χ4n) is 3.99. The third kappa shape index (κ3) is 7.16. The van der Waals surface area contributed by atoms with Crippen LogP contribution in [0.3, 0.4) is 0 Å². The molecule has 174 valence electrons.